The average Bonchev–Trinajstić information content (AvgIpc) is 2.22. The van der Waals surface area contributed by atoms with Gasteiger partial charge in [-0.05, 0) is 13.3 Å². The van der Waals surface area contributed by atoms with E-state index in [1.807, 2.05) is 6.92 Å². The number of nitrogens with one attached hydrogen (secondary N) is 1. The van der Waals surface area contributed by atoms with Crippen molar-refractivity contribution in [2.75, 3.05) is 26.7 Å². The molecule has 0 aromatic carbocycles. The standard InChI is InChI=1S/C10H20N2O3/c1-4-7-11-10(14)12(3)8-6-9(13)15-5-2/h4-8H2,1-3H3,(H,11,14). The zero-order valence-corrected chi connectivity index (χ0v) is 9.71. The fourth-order valence-corrected chi connectivity index (χ4v) is 0.961. The van der Waals surface area contributed by atoms with Crippen molar-refractivity contribution >= 4 is 12.0 Å². The maximum atomic E-state index is 11.3. The summed E-state index contributed by atoms with van der Waals surface area (Å²) in [5.41, 5.74) is 0. The molecule has 0 aromatic heterocycles. The molecule has 88 valence electrons. The van der Waals surface area contributed by atoms with Crippen LogP contribution in [0, 0.1) is 0 Å². The molecule has 0 fully saturated rings. The summed E-state index contributed by atoms with van der Waals surface area (Å²) < 4.78 is 4.76. The van der Waals surface area contributed by atoms with Crippen LogP contribution in [0.2, 0.25) is 0 Å². The largest absolute Gasteiger partial charge is 0.466 e. The Hall–Kier alpha value is -1.26. The zero-order valence-electron chi connectivity index (χ0n) is 9.71. The second-order valence-electron chi connectivity index (χ2n) is 3.21. The van der Waals surface area contributed by atoms with Crippen molar-refractivity contribution in [3.05, 3.63) is 0 Å². The molecule has 5 nitrogen and oxygen atoms in total. The van der Waals surface area contributed by atoms with Gasteiger partial charge in [-0.3, -0.25) is 4.79 Å². The number of urea groups is 1. The summed E-state index contributed by atoms with van der Waals surface area (Å²) in [6.07, 6.45) is 1.14. The molecule has 1 N–H and O–H groups in total. The topological polar surface area (TPSA) is 58.6 Å². The molecule has 15 heavy (non-hydrogen) atoms. The molecule has 0 unspecified atom stereocenters. The van der Waals surface area contributed by atoms with Crippen LogP contribution in [0.4, 0.5) is 4.79 Å². The van der Waals surface area contributed by atoms with E-state index in [1.54, 1.807) is 14.0 Å². The molecule has 0 aliphatic rings. The van der Waals surface area contributed by atoms with Crippen LogP contribution in [0.3, 0.4) is 0 Å². The van der Waals surface area contributed by atoms with E-state index in [4.69, 9.17) is 4.74 Å². The summed E-state index contributed by atoms with van der Waals surface area (Å²) in [6, 6.07) is -0.152. The highest BCUT2D eigenvalue weighted by atomic mass is 16.5. The fraction of sp³-hybridized carbons (Fsp3) is 0.800. The predicted molar refractivity (Wildman–Crippen MR) is 57.6 cm³/mol. The van der Waals surface area contributed by atoms with Crippen molar-refractivity contribution in [2.24, 2.45) is 0 Å². The Kier molecular flexibility index (Phi) is 7.40. The second-order valence-corrected chi connectivity index (χ2v) is 3.21. The summed E-state index contributed by atoms with van der Waals surface area (Å²) in [5.74, 6) is -0.271. The van der Waals surface area contributed by atoms with Gasteiger partial charge in [0.25, 0.3) is 0 Å². The third kappa shape index (κ3) is 6.76. The second kappa shape index (κ2) is 8.08. The SMILES string of the molecule is CCCNC(=O)N(C)CCC(=O)OCC. The molecule has 0 heterocycles. The first-order valence-corrected chi connectivity index (χ1v) is 5.26. The van der Waals surface area contributed by atoms with E-state index in [-0.39, 0.29) is 18.4 Å². The van der Waals surface area contributed by atoms with Crippen LogP contribution in [0.15, 0.2) is 0 Å². The van der Waals surface area contributed by atoms with Crippen molar-refractivity contribution in [3.63, 3.8) is 0 Å². The highest BCUT2D eigenvalue weighted by Crippen LogP contribution is 1.92. The molecular weight excluding hydrogens is 196 g/mol. The lowest BCUT2D eigenvalue weighted by Crippen LogP contribution is -2.38. The van der Waals surface area contributed by atoms with Gasteiger partial charge in [0.05, 0.1) is 13.0 Å². The lowest BCUT2D eigenvalue weighted by atomic mass is 10.4. The van der Waals surface area contributed by atoms with E-state index in [0.29, 0.717) is 19.7 Å². The van der Waals surface area contributed by atoms with Gasteiger partial charge in [0.15, 0.2) is 0 Å². The maximum absolute atomic E-state index is 11.3. The molecule has 5 heteroatoms. The zero-order chi connectivity index (χ0) is 11.7. The number of ether oxygens (including phenoxy) is 1. The van der Waals surface area contributed by atoms with Crippen LogP contribution in [0.1, 0.15) is 26.7 Å². The Morgan fingerprint density at radius 3 is 2.53 bits per heavy atom. The molecule has 2 amide bonds. The summed E-state index contributed by atoms with van der Waals surface area (Å²) in [5, 5.41) is 2.72. The van der Waals surface area contributed by atoms with Gasteiger partial charge in [-0.2, -0.15) is 0 Å². The van der Waals surface area contributed by atoms with Gasteiger partial charge in [0.1, 0.15) is 0 Å². The smallest absolute Gasteiger partial charge is 0.317 e. The lowest BCUT2D eigenvalue weighted by molar-refractivity contribution is -0.143. The number of amides is 2. The lowest BCUT2D eigenvalue weighted by Gasteiger charge is -2.16. The molecule has 0 rings (SSSR count). The molecule has 0 bridgehead atoms. The van der Waals surface area contributed by atoms with Crippen molar-refractivity contribution in [1.82, 2.24) is 10.2 Å². The van der Waals surface area contributed by atoms with Gasteiger partial charge in [0.2, 0.25) is 0 Å². The molecule has 0 saturated heterocycles. The van der Waals surface area contributed by atoms with Crippen molar-refractivity contribution < 1.29 is 14.3 Å². The number of hydrogen-bond acceptors (Lipinski definition) is 3. The molecule has 0 aliphatic carbocycles. The van der Waals surface area contributed by atoms with Gasteiger partial charge in [-0.1, -0.05) is 6.92 Å². The van der Waals surface area contributed by atoms with Crippen LogP contribution >= 0.6 is 0 Å². The third-order valence-corrected chi connectivity index (χ3v) is 1.83. The average molecular weight is 216 g/mol. The maximum Gasteiger partial charge on any atom is 0.317 e. The first-order valence-electron chi connectivity index (χ1n) is 5.26. The highest BCUT2D eigenvalue weighted by Gasteiger charge is 2.09. The Morgan fingerprint density at radius 2 is 2.00 bits per heavy atom. The van der Waals surface area contributed by atoms with E-state index >= 15 is 0 Å². The molecule has 0 aromatic rings. The Labute approximate surface area is 90.8 Å². The predicted octanol–water partition coefficient (Wildman–Crippen LogP) is 0.991. The number of hydrogen-bond donors (Lipinski definition) is 1. The molecule has 0 aliphatic heterocycles. The third-order valence-electron chi connectivity index (χ3n) is 1.83. The monoisotopic (exact) mass is 216 g/mol. The van der Waals surface area contributed by atoms with Crippen molar-refractivity contribution in [3.8, 4) is 0 Å². The minimum Gasteiger partial charge on any atom is -0.466 e. The van der Waals surface area contributed by atoms with Crippen LogP contribution in [0.25, 0.3) is 0 Å². The number of esters is 1. The molecular formula is C10H20N2O3. The van der Waals surface area contributed by atoms with E-state index < -0.39 is 0 Å². The summed E-state index contributed by atoms with van der Waals surface area (Å²) in [4.78, 5) is 23.8. The number of carbonyl (C=O) groups excluding carboxylic acids is 2. The number of rotatable bonds is 6. The minimum absolute atomic E-state index is 0.152. The Morgan fingerprint density at radius 1 is 1.33 bits per heavy atom. The van der Waals surface area contributed by atoms with Crippen molar-refractivity contribution in [1.29, 1.82) is 0 Å². The van der Waals surface area contributed by atoms with Crippen LogP contribution in [0.5, 0.6) is 0 Å². The van der Waals surface area contributed by atoms with Gasteiger partial charge < -0.3 is 15.0 Å². The fourth-order valence-electron chi connectivity index (χ4n) is 0.961. The summed E-state index contributed by atoms with van der Waals surface area (Å²) >= 11 is 0. The van der Waals surface area contributed by atoms with E-state index in [0.717, 1.165) is 6.42 Å². The van der Waals surface area contributed by atoms with E-state index in [2.05, 4.69) is 5.32 Å². The van der Waals surface area contributed by atoms with Gasteiger partial charge in [-0.25, -0.2) is 4.79 Å². The molecule has 0 radical (unpaired) electrons. The van der Waals surface area contributed by atoms with Gasteiger partial charge in [-0.15, -0.1) is 0 Å². The first kappa shape index (κ1) is 13.7. The quantitative estimate of drug-likeness (QED) is 0.674. The van der Waals surface area contributed by atoms with E-state index in [9.17, 15) is 9.59 Å². The molecule has 0 spiro atoms. The van der Waals surface area contributed by atoms with Crippen molar-refractivity contribution in [2.45, 2.75) is 26.7 Å². The van der Waals surface area contributed by atoms with Crippen LogP contribution in [-0.2, 0) is 9.53 Å². The molecule has 0 saturated carbocycles. The molecule has 0 atom stereocenters. The Bertz CT molecular complexity index is 207. The highest BCUT2D eigenvalue weighted by molar-refractivity contribution is 5.75. The van der Waals surface area contributed by atoms with Crippen LogP contribution in [-0.4, -0.2) is 43.6 Å². The number of carbonyl (C=O) groups is 2. The summed E-state index contributed by atoms with van der Waals surface area (Å²) in [6.45, 7) is 5.16. The first-order chi connectivity index (χ1) is 7.11. The normalized spacial score (nSPS) is 9.53. The van der Waals surface area contributed by atoms with Crippen LogP contribution < -0.4 is 5.32 Å². The summed E-state index contributed by atoms with van der Waals surface area (Å²) in [7, 11) is 1.66. The van der Waals surface area contributed by atoms with E-state index in [1.165, 1.54) is 4.90 Å². The minimum atomic E-state index is -0.271. The number of nitrogens with zero attached hydrogens (tertiary/aromatic N) is 1. The van der Waals surface area contributed by atoms with Gasteiger partial charge >= 0.3 is 12.0 Å². The van der Waals surface area contributed by atoms with Gasteiger partial charge in [0, 0.05) is 20.1 Å². The Balaban J connectivity index is 3.67.